The van der Waals surface area contributed by atoms with E-state index in [1.165, 1.54) is 18.5 Å². The van der Waals surface area contributed by atoms with Crippen LogP contribution in [0.25, 0.3) is 5.82 Å². The van der Waals surface area contributed by atoms with Crippen LogP contribution in [0.1, 0.15) is 5.82 Å². The van der Waals surface area contributed by atoms with E-state index in [1.807, 2.05) is 48.0 Å². The molecule has 0 aliphatic heterocycles. The fraction of sp³-hybridized carbons (Fsp3) is 0.136. The van der Waals surface area contributed by atoms with Crippen LogP contribution in [0.4, 0.5) is 5.82 Å². The third-order valence-corrected chi connectivity index (χ3v) is 6.04. The minimum Gasteiger partial charge on any atom is -0.457 e. The summed E-state index contributed by atoms with van der Waals surface area (Å²) < 4.78 is 35.2. The van der Waals surface area contributed by atoms with Crippen molar-refractivity contribution in [1.29, 1.82) is 0 Å². The number of aryl methyl sites for hydroxylation is 1. The Morgan fingerprint density at radius 3 is 2.41 bits per heavy atom. The number of imidazole rings is 1. The van der Waals surface area contributed by atoms with Crippen LogP contribution in [-0.2, 0) is 10.0 Å². The normalized spacial score (nSPS) is 11.3. The van der Waals surface area contributed by atoms with Crippen molar-refractivity contribution in [1.82, 2.24) is 24.2 Å². The van der Waals surface area contributed by atoms with Gasteiger partial charge in [0.25, 0.3) is 0 Å². The SMILES string of the molecule is Cc1nccn1-c1cc(NCCNS(=O)(=O)c2ccc(Oc3ccccc3)cc2)ncn1. The molecule has 4 aromatic rings. The Morgan fingerprint density at radius 1 is 0.938 bits per heavy atom. The molecule has 2 N–H and O–H groups in total. The molecule has 0 fully saturated rings. The first-order chi connectivity index (χ1) is 15.5. The topological polar surface area (TPSA) is 111 Å². The highest BCUT2D eigenvalue weighted by Crippen LogP contribution is 2.22. The largest absolute Gasteiger partial charge is 0.457 e. The Kier molecular flexibility index (Phi) is 6.43. The van der Waals surface area contributed by atoms with Crippen LogP contribution < -0.4 is 14.8 Å². The second kappa shape index (κ2) is 9.58. The number of ether oxygens (including phenoxy) is 1. The molecule has 10 heteroatoms. The smallest absolute Gasteiger partial charge is 0.240 e. The maximum absolute atomic E-state index is 12.5. The summed E-state index contributed by atoms with van der Waals surface area (Å²) in [6, 6.07) is 17.3. The van der Waals surface area contributed by atoms with Crippen molar-refractivity contribution in [3.8, 4) is 17.3 Å². The van der Waals surface area contributed by atoms with Gasteiger partial charge in [-0.15, -0.1) is 0 Å². The highest BCUT2D eigenvalue weighted by molar-refractivity contribution is 7.89. The van der Waals surface area contributed by atoms with Crippen LogP contribution in [0.5, 0.6) is 11.5 Å². The molecule has 4 rings (SSSR count). The Bertz CT molecular complexity index is 1270. The molecule has 9 nitrogen and oxygen atoms in total. The van der Waals surface area contributed by atoms with Crippen LogP contribution in [0.2, 0.25) is 0 Å². The Morgan fingerprint density at radius 2 is 1.69 bits per heavy atom. The predicted octanol–water partition coefficient (Wildman–Crippen LogP) is 3.15. The summed E-state index contributed by atoms with van der Waals surface area (Å²) in [5.74, 6) is 3.32. The van der Waals surface area contributed by atoms with Gasteiger partial charge in [-0.1, -0.05) is 18.2 Å². The van der Waals surface area contributed by atoms with Gasteiger partial charge in [0.1, 0.15) is 35.3 Å². The van der Waals surface area contributed by atoms with Crippen LogP contribution >= 0.6 is 0 Å². The lowest BCUT2D eigenvalue weighted by molar-refractivity contribution is 0.482. The second-order valence-electron chi connectivity index (χ2n) is 6.82. The van der Waals surface area contributed by atoms with Gasteiger partial charge in [0.2, 0.25) is 10.0 Å². The Hall–Kier alpha value is -3.76. The number of para-hydroxylation sites is 1. The third-order valence-electron chi connectivity index (χ3n) is 4.56. The average molecular weight is 451 g/mol. The zero-order chi connectivity index (χ0) is 22.4. The fourth-order valence-corrected chi connectivity index (χ4v) is 4.00. The third kappa shape index (κ3) is 5.29. The van der Waals surface area contributed by atoms with Gasteiger partial charge < -0.3 is 10.1 Å². The zero-order valence-corrected chi connectivity index (χ0v) is 18.2. The first-order valence-electron chi connectivity index (χ1n) is 9.90. The lowest BCUT2D eigenvalue weighted by Crippen LogP contribution is -2.29. The average Bonchev–Trinajstić information content (AvgIpc) is 3.24. The maximum atomic E-state index is 12.5. The summed E-state index contributed by atoms with van der Waals surface area (Å²) in [5.41, 5.74) is 0. The summed E-state index contributed by atoms with van der Waals surface area (Å²) in [5, 5.41) is 3.10. The number of benzene rings is 2. The van der Waals surface area contributed by atoms with E-state index in [2.05, 4.69) is 25.0 Å². The fourth-order valence-electron chi connectivity index (χ4n) is 2.97. The first-order valence-corrected chi connectivity index (χ1v) is 11.4. The highest BCUT2D eigenvalue weighted by atomic mass is 32.2. The van der Waals surface area contributed by atoms with E-state index in [0.29, 0.717) is 29.7 Å². The summed E-state index contributed by atoms with van der Waals surface area (Å²) >= 11 is 0. The molecule has 164 valence electrons. The van der Waals surface area contributed by atoms with Crippen LogP contribution in [0.15, 0.2) is 84.3 Å². The van der Waals surface area contributed by atoms with Gasteiger partial charge in [-0.2, -0.15) is 0 Å². The van der Waals surface area contributed by atoms with Crippen molar-refractivity contribution in [3.05, 3.63) is 85.2 Å². The molecule has 32 heavy (non-hydrogen) atoms. The van der Waals surface area contributed by atoms with E-state index in [-0.39, 0.29) is 11.4 Å². The summed E-state index contributed by atoms with van der Waals surface area (Å²) in [6.45, 7) is 2.42. The lowest BCUT2D eigenvalue weighted by Gasteiger charge is -2.10. The molecule has 0 radical (unpaired) electrons. The molecule has 2 aromatic carbocycles. The molecule has 0 aliphatic rings. The molecular weight excluding hydrogens is 428 g/mol. The molecule has 0 bridgehead atoms. The molecule has 0 saturated carbocycles. The number of rotatable bonds is 9. The minimum atomic E-state index is -3.64. The van der Waals surface area contributed by atoms with Crippen LogP contribution in [0, 0.1) is 6.92 Å². The van der Waals surface area contributed by atoms with Crippen molar-refractivity contribution < 1.29 is 13.2 Å². The quantitative estimate of drug-likeness (QED) is 0.377. The number of nitrogens with zero attached hydrogens (tertiary/aromatic N) is 4. The lowest BCUT2D eigenvalue weighted by atomic mass is 10.3. The number of nitrogens with one attached hydrogen (secondary N) is 2. The van der Waals surface area contributed by atoms with E-state index < -0.39 is 10.0 Å². The van der Waals surface area contributed by atoms with Crippen molar-refractivity contribution in [3.63, 3.8) is 0 Å². The minimum absolute atomic E-state index is 0.165. The van der Waals surface area contributed by atoms with E-state index >= 15 is 0 Å². The van der Waals surface area contributed by atoms with E-state index in [0.717, 1.165) is 5.82 Å². The van der Waals surface area contributed by atoms with Gasteiger partial charge in [-0.25, -0.2) is 28.1 Å². The molecule has 0 atom stereocenters. The van der Waals surface area contributed by atoms with Crippen LogP contribution in [0.3, 0.4) is 0 Å². The van der Waals surface area contributed by atoms with Crippen LogP contribution in [-0.4, -0.2) is 41.0 Å². The van der Waals surface area contributed by atoms with Gasteiger partial charge in [-0.3, -0.25) is 4.57 Å². The summed E-state index contributed by atoms with van der Waals surface area (Å²) in [4.78, 5) is 12.7. The molecule has 0 aliphatic carbocycles. The molecule has 0 spiro atoms. The number of aromatic nitrogens is 4. The number of hydrogen-bond acceptors (Lipinski definition) is 7. The van der Waals surface area contributed by atoms with Gasteiger partial charge in [0, 0.05) is 31.5 Å². The van der Waals surface area contributed by atoms with Crippen molar-refractivity contribution in [2.75, 3.05) is 18.4 Å². The van der Waals surface area contributed by atoms with Gasteiger partial charge >= 0.3 is 0 Å². The summed E-state index contributed by atoms with van der Waals surface area (Å²) in [7, 11) is -3.64. The zero-order valence-electron chi connectivity index (χ0n) is 17.3. The maximum Gasteiger partial charge on any atom is 0.240 e. The monoisotopic (exact) mass is 450 g/mol. The highest BCUT2D eigenvalue weighted by Gasteiger charge is 2.13. The van der Waals surface area contributed by atoms with Gasteiger partial charge in [-0.05, 0) is 43.3 Å². The molecule has 0 unspecified atom stereocenters. The van der Waals surface area contributed by atoms with E-state index in [4.69, 9.17) is 4.74 Å². The van der Waals surface area contributed by atoms with E-state index in [9.17, 15) is 8.42 Å². The standard InChI is InChI=1S/C22H22N6O3S/c1-17-23-13-14-28(17)22-15-21(25-16-26-22)24-11-12-27-32(29,30)20-9-7-19(8-10-20)31-18-5-3-2-4-6-18/h2-10,13-16,27H,11-12H2,1H3,(H,24,25,26). The summed E-state index contributed by atoms with van der Waals surface area (Å²) in [6.07, 6.45) is 4.95. The second-order valence-corrected chi connectivity index (χ2v) is 8.58. The molecule has 0 amide bonds. The van der Waals surface area contributed by atoms with Gasteiger partial charge in [0.15, 0.2) is 0 Å². The van der Waals surface area contributed by atoms with Crippen molar-refractivity contribution in [2.45, 2.75) is 11.8 Å². The van der Waals surface area contributed by atoms with Crippen molar-refractivity contribution >= 4 is 15.8 Å². The van der Waals surface area contributed by atoms with Crippen molar-refractivity contribution in [2.24, 2.45) is 0 Å². The van der Waals surface area contributed by atoms with Gasteiger partial charge in [0.05, 0.1) is 4.90 Å². The molecule has 2 aromatic heterocycles. The number of anilines is 1. The molecule has 2 heterocycles. The first kappa shape index (κ1) is 21.5. The molecule has 0 saturated heterocycles. The Balaban J connectivity index is 1.30. The number of hydrogen-bond donors (Lipinski definition) is 2. The molecular formula is C22H22N6O3S. The predicted molar refractivity (Wildman–Crippen MR) is 121 cm³/mol. The Labute approximate surface area is 186 Å². The number of sulfonamides is 1. The van der Waals surface area contributed by atoms with E-state index in [1.54, 1.807) is 24.4 Å².